The molecular weight excluding hydrogens is 598 g/mol. The van der Waals surface area contributed by atoms with Crippen LogP contribution in [0.15, 0.2) is 23.4 Å². The Labute approximate surface area is 271 Å². The van der Waals surface area contributed by atoms with Crippen LogP contribution in [0.1, 0.15) is 105 Å². The van der Waals surface area contributed by atoms with E-state index in [2.05, 4.69) is 10.5 Å². The van der Waals surface area contributed by atoms with Gasteiger partial charge < -0.3 is 19.8 Å². The van der Waals surface area contributed by atoms with Gasteiger partial charge in [0.1, 0.15) is 11.6 Å². The van der Waals surface area contributed by atoms with Crippen LogP contribution in [0.5, 0.6) is 0 Å². The van der Waals surface area contributed by atoms with Crippen molar-refractivity contribution in [1.29, 1.82) is 0 Å². The van der Waals surface area contributed by atoms with E-state index in [4.69, 9.17) is 21.2 Å². The first-order chi connectivity index (χ1) is 20.8. The molecule has 2 aliphatic rings. The van der Waals surface area contributed by atoms with E-state index in [1.807, 2.05) is 52.8 Å². The van der Waals surface area contributed by atoms with Crippen LogP contribution in [-0.4, -0.2) is 69.8 Å². The van der Waals surface area contributed by atoms with Gasteiger partial charge in [-0.25, -0.2) is 4.79 Å². The van der Waals surface area contributed by atoms with Gasteiger partial charge in [0.25, 0.3) is 0 Å². The number of ketones is 3. The molecule has 2 amide bonds. The molecule has 0 radical (unpaired) electrons. The van der Waals surface area contributed by atoms with Crippen LogP contribution in [0.2, 0.25) is 5.02 Å². The fourth-order valence-electron chi connectivity index (χ4n) is 5.80. The first-order valence-electron chi connectivity index (χ1n) is 15.7. The predicted octanol–water partition coefficient (Wildman–Crippen LogP) is 5.98. The number of halogens is 1. The van der Waals surface area contributed by atoms with E-state index >= 15 is 0 Å². The molecule has 2 aliphatic heterocycles. The molecule has 1 aromatic rings. The van der Waals surface area contributed by atoms with Gasteiger partial charge in [0.05, 0.1) is 18.3 Å². The molecule has 1 fully saturated rings. The van der Waals surface area contributed by atoms with Crippen LogP contribution < -0.4 is 5.32 Å². The van der Waals surface area contributed by atoms with Crippen molar-refractivity contribution < 1.29 is 33.5 Å². The number of ether oxygens (including phenoxy) is 1. The van der Waals surface area contributed by atoms with E-state index in [1.54, 1.807) is 27.7 Å². The van der Waals surface area contributed by atoms with E-state index in [9.17, 15) is 24.0 Å². The lowest BCUT2D eigenvalue weighted by Crippen LogP contribution is -2.57. The van der Waals surface area contributed by atoms with Crippen molar-refractivity contribution in [1.82, 2.24) is 10.2 Å². The van der Waals surface area contributed by atoms with Crippen LogP contribution in [0, 0.1) is 18.3 Å². The number of Topliss-reactive ketones (excluding diaryl/α,β-unsaturated/α-hetero) is 3. The molecule has 10 nitrogen and oxygen atoms in total. The van der Waals surface area contributed by atoms with Crippen LogP contribution >= 0.6 is 11.6 Å². The summed E-state index contributed by atoms with van der Waals surface area (Å²) < 4.78 is 5.45. The van der Waals surface area contributed by atoms with Crippen molar-refractivity contribution in [2.24, 2.45) is 16.5 Å². The molecule has 0 aromatic heterocycles. The highest BCUT2D eigenvalue weighted by Crippen LogP contribution is 2.41. The van der Waals surface area contributed by atoms with Gasteiger partial charge in [0.15, 0.2) is 17.2 Å². The molecule has 11 heteroatoms. The van der Waals surface area contributed by atoms with Gasteiger partial charge in [0.2, 0.25) is 11.7 Å². The van der Waals surface area contributed by atoms with E-state index in [-0.39, 0.29) is 31.6 Å². The fourth-order valence-corrected chi connectivity index (χ4v) is 5.99. The lowest BCUT2D eigenvalue weighted by atomic mass is 9.84. The summed E-state index contributed by atoms with van der Waals surface area (Å²) in [5, 5.41) is 7.67. The summed E-state index contributed by atoms with van der Waals surface area (Å²) in [6.07, 6.45) is 0.592. The number of hydrogen-bond donors (Lipinski definition) is 1. The predicted molar refractivity (Wildman–Crippen MR) is 172 cm³/mol. The van der Waals surface area contributed by atoms with Gasteiger partial charge in [-0.1, -0.05) is 69.9 Å². The fraction of sp³-hybridized carbons (Fsp3) is 0.647. The van der Waals surface area contributed by atoms with Crippen molar-refractivity contribution >= 4 is 46.7 Å². The van der Waals surface area contributed by atoms with Crippen LogP contribution in [0.4, 0.5) is 4.79 Å². The third kappa shape index (κ3) is 8.93. The summed E-state index contributed by atoms with van der Waals surface area (Å²) in [4.78, 5) is 73.9. The average molecular weight is 646 g/mol. The molecule has 45 heavy (non-hydrogen) atoms. The number of likely N-dealkylation sites (tertiary alicyclic amines) is 1. The highest BCUT2D eigenvalue weighted by molar-refractivity contribution is 6.38. The number of nitrogens with zero attached hydrogens (tertiary/aromatic N) is 2. The van der Waals surface area contributed by atoms with Crippen molar-refractivity contribution in [2.75, 3.05) is 6.54 Å². The molecule has 4 atom stereocenters. The SMILES string of the molecule is CCC[C@H](CC(=O)[C@@H]1C[C@]2(CC(c3ccc(C)c(Cl)c3)=NO2)CN1C(=O)[C@@H](NC(=O)OC(C)(C)C)C(C)(C)C)C(=O)C(=O)CC. The van der Waals surface area contributed by atoms with Crippen LogP contribution in [0.3, 0.4) is 0 Å². The van der Waals surface area contributed by atoms with Gasteiger partial charge in [0, 0.05) is 42.2 Å². The number of benzene rings is 1. The van der Waals surface area contributed by atoms with Crippen LogP contribution in [0.25, 0.3) is 0 Å². The van der Waals surface area contributed by atoms with Gasteiger partial charge in [-0.2, -0.15) is 0 Å². The quantitative estimate of drug-likeness (QED) is 0.293. The second-order valence-corrected chi connectivity index (χ2v) is 14.8. The second kappa shape index (κ2) is 14.0. The highest BCUT2D eigenvalue weighted by atomic mass is 35.5. The Balaban J connectivity index is 1.96. The number of alkyl carbamates (subject to hydrolysis) is 1. The first kappa shape index (κ1) is 36.2. The maximum Gasteiger partial charge on any atom is 0.408 e. The topological polar surface area (TPSA) is 131 Å². The number of hydrogen-bond acceptors (Lipinski definition) is 8. The minimum atomic E-state index is -1.04. The third-order valence-electron chi connectivity index (χ3n) is 8.22. The lowest BCUT2D eigenvalue weighted by Gasteiger charge is -2.36. The first-order valence-corrected chi connectivity index (χ1v) is 16.1. The number of oxime groups is 1. The zero-order valence-electron chi connectivity index (χ0n) is 28.0. The monoisotopic (exact) mass is 645 g/mol. The number of carbonyl (C=O) groups is 5. The number of nitrogens with one attached hydrogen (secondary N) is 1. The Morgan fingerprint density at radius 2 is 1.80 bits per heavy atom. The Bertz CT molecular complexity index is 1360. The molecule has 3 rings (SSSR count). The molecule has 0 bridgehead atoms. The standard InChI is InChI=1S/C34H48ClN3O7/c1-10-12-22(28(41)26(39)11-2)16-27(40)25-18-34(17-24(37-45-34)21-14-13-20(3)23(35)15-21)19-38(25)30(42)29(32(4,5)6)36-31(43)44-33(7,8)9/h13-15,22,25,29H,10-12,16-19H2,1-9H3,(H,36,43)/t22-,25+,29-,34-/m1/s1. The maximum atomic E-state index is 14.4. The highest BCUT2D eigenvalue weighted by Gasteiger charge is 2.55. The minimum Gasteiger partial charge on any atom is -0.444 e. The van der Waals surface area contributed by atoms with Gasteiger partial charge in [-0.3, -0.25) is 19.2 Å². The summed E-state index contributed by atoms with van der Waals surface area (Å²) in [5.41, 5.74) is -0.193. The Morgan fingerprint density at radius 1 is 1.13 bits per heavy atom. The molecule has 0 saturated carbocycles. The zero-order valence-corrected chi connectivity index (χ0v) is 28.8. The van der Waals surface area contributed by atoms with Crippen LogP contribution in [-0.2, 0) is 28.8 Å². The molecule has 1 spiro atoms. The molecule has 1 saturated heterocycles. The van der Waals surface area contributed by atoms with E-state index in [1.165, 1.54) is 4.90 Å². The van der Waals surface area contributed by atoms with Gasteiger partial charge in [-0.15, -0.1) is 0 Å². The third-order valence-corrected chi connectivity index (χ3v) is 8.63. The molecule has 2 heterocycles. The Hall–Kier alpha value is -3.27. The van der Waals surface area contributed by atoms with Crippen molar-refractivity contribution in [3.05, 3.63) is 34.3 Å². The number of rotatable bonds is 11. The summed E-state index contributed by atoms with van der Waals surface area (Å²) >= 11 is 6.37. The van der Waals surface area contributed by atoms with Gasteiger partial charge in [-0.05, 0) is 51.2 Å². The normalized spacial score (nSPS) is 21.2. The molecule has 0 unspecified atom stereocenters. The smallest absolute Gasteiger partial charge is 0.408 e. The molecule has 1 N–H and O–H groups in total. The second-order valence-electron chi connectivity index (χ2n) is 14.4. The summed E-state index contributed by atoms with van der Waals surface area (Å²) in [5.74, 6) is -2.65. The lowest BCUT2D eigenvalue weighted by molar-refractivity contribution is -0.143. The Morgan fingerprint density at radius 3 is 2.36 bits per heavy atom. The van der Waals surface area contributed by atoms with E-state index in [0.29, 0.717) is 30.0 Å². The summed E-state index contributed by atoms with van der Waals surface area (Å²) in [6.45, 7) is 16.1. The average Bonchev–Trinajstić information content (AvgIpc) is 3.53. The largest absolute Gasteiger partial charge is 0.444 e. The maximum absolute atomic E-state index is 14.4. The molecule has 248 valence electrons. The summed E-state index contributed by atoms with van der Waals surface area (Å²) in [6, 6.07) is 3.61. The number of aryl methyl sites for hydroxylation is 1. The van der Waals surface area contributed by atoms with Crippen molar-refractivity contribution in [3.63, 3.8) is 0 Å². The van der Waals surface area contributed by atoms with Crippen molar-refractivity contribution in [3.8, 4) is 0 Å². The minimum absolute atomic E-state index is 0.0394. The number of carbonyl (C=O) groups excluding carboxylic acids is 5. The zero-order chi connectivity index (χ0) is 33.9. The van der Waals surface area contributed by atoms with E-state index < -0.39 is 58.2 Å². The number of amides is 2. The van der Waals surface area contributed by atoms with Crippen molar-refractivity contribution in [2.45, 2.75) is 124 Å². The van der Waals surface area contributed by atoms with Gasteiger partial charge >= 0.3 is 6.09 Å². The summed E-state index contributed by atoms with van der Waals surface area (Å²) in [7, 11) is 0. The molecule has 0 aliphatic carbocycles. The molecule has 1 aromatic carbocycles. The van der Waals surface area contributed by atoms with E-state index in [0.717, 1.165) is 11.1 Å². The Kier molecular flexibility index (Phi) is 11.3. The molecular formula is C34H48ClN3O7.